The maximum Gasteiger partial charge on any atom is 0.416 e. The number of hydrogen-bond acceptors (Lipinski definition) is 7. The van der Waals surface area contributed by atoms with E-state index in [-0.39, 0.29) is 33.5 Å². The number of halogens is 7. The molecule has 3 heterocycles. The number of benzene rings is 2. The van der Waals surface area contributed by atoms with Gasteiger partial charge in [0.25, 0.3) is 11.8 Å². The maximum absolute atomic E-state index is 14.1. The van der Waals surface area contributed by atoms with Crippen LogP contribution in [0.25, 0.3) is 17.1 Å². The highest BCUT2D eigenvalue weighted by atomic mass is 35.5. The number of likely N-dealkylation sites (tertiary alicyclic amines) is 1. The van der Waals surface area contributed by atoms with Gasteiger partial charge in [0.05, 0.1) is 29.4 Å². The predicted molar refractivity (Wildman–Crippen MR) is 148 cm³/mol. The Morgan fingerprint density at radius 3 is 2.44 bits per heavy atom. The highest BCUT2D eigenvalue weighted by Gasteiger charge is 2.50. The third-order valence-electron chi connectivity index (χ3n) is 6.89. The molecular formula is C26H21Cl2F5N8O4. The number of primary amides is 1. The molecule has 2 aromatic heterocycles. The predicted octanol–water partition coefficient (Wildman–Crippen LogP) is 2.91. The zero-order valence-corrected chi connectivity index (χ0v) is 24.1. The lowest BCUT2D eigenvalue weighted by Crippen LogP contribution is -2.44. The fourth-order valence-electron chi connectivity index (χ4n) is 4.77. The van der Waals surface area contributed by atoms with E-state index in [9.17, 15) is 41.4 Å². The monoisotopic (exact) mass is 674 g/mol. The van der Waals surface area contributed by atoms with Crippen LogP contribution in [0.2, 0.25) is 10.0 Å². The van der Waals surface area contributed by atoms with Crippen LogP contribution in [0.4, 0.5) is 22.0 Å². The second kappa shape index (κ2) is 11.9. The molecule has 1 aliphatic heterocycles. The van der Waals surface area contributed by atoms with Crippen molar-refractivity contribution in [3.63, 3.8) is 0 Å². The summed E-state index contributed by atoms with van der Waals surface area (Å²) in [5.41, 5.74) is 4.16. The fourth-order valence-corrected chi connectivity index (χ4v) is 5.16. The molecule has 1 aliphatic rings. The van der Waals surface area contributed by atoms with Crippen molar-refractivity contribution in [2.24, 2.45) is 5.73 Å². The number of aliphatic hydroxyl groups is 1. The molecule has 45 heavy (non-hydrogen) atoms. The number of aliphatic hydroxyl groups excluding tert-OH is 1. The number of carbonyl (C=O) groups excluding carboxylic acids is 2. The first-order valence-corrected chi connectivity index (χ1v) is 13.7. The van der Waals surface area contributed by atoms with E-state index in [0.717, 1.165) is 15.7 Å². The summed E-state index contributed by atoms with van der Waals surface area (Å²) in [6.45, 7) is -2.69. The second-order valence-corrected chi connectivity index (χ2v) is 10.9. The van der Waals surface area contributed by atoms with E-state index in [1.807, 2.05) is 0 Å². The topological polar surface area (TPSA) is 154 Å². The minimum atomic E-state index is -5.02. The Morgan fingerprint density at radius 1 is 1.11 bits per heavy atom. The van der Waals surface area contributed by atoms with Crippen molar-refractivity contribution in [2.45, 2.75) is 43.8 Å². The Hall–Kier alpha value is -4.35. The van der Waals surface area contributed by atoms with Gasteiger partial charge in [-0.1, -0.05) is 29.3 Å². The molecule has 2 atom stereocenters. The number of rotatable bonds is 8. The van der Waals surface area contributed by atoms with E-state index < -0.39 is 67.8 Å². The Morgan fingerprint density at radius 2 is 1.80 bits per heavy atom. The van der Waals surface area contributed by atoms with Crippen LogP contribution in [-0.2, 0) is 17.9 Å². The van der Waals surface area contributed by atoms with E-state index >= 15 is 0 Å². The lowest BCUT2D eigenvalue weighted by atomic mass is 10.1. The molecule has 0 aliphatic carbocycles. The summed E-state index contributed by atoms with van der Waals surface area (Å²) in [6.07, 6.45) is -7.74. The third-order valence-corrected chi connectivity index (χ3v) is 7.45. The third kappa shape index (κ3) is 6.55. The molecular weight excluding hydrogens is 654 g/mol. The molecule has 4 aromatic rings. The lowest BCUT2D eigenvalue weighted by Gasteiger charge is -2.23. The number of amides is 2. The van der Waals surface area contributed by atoms with Gasteiger partial charge in [-0.3, -0.25) is 14.2 Å². The van der Waals surface area contributed by atoms with Gasteiger partial charge in [0.15, 0.2) is 17.8 Å². The van der Waals surface area contributed by atoms with E-state index in [4.69, 9.17) is 28.9 Å². The van der Waals surface area contributed by atoms with Crippen LogP contribution < -0.4 is 11.4 Å². The van der Waals surface area contributed by atoms with Crippen molar-refractivity contribution in [3.05, 3.63) is 80.7 Å². The number of nitrogens with zero attached hydrogens (tertiary/aromatic N) is 7. The molecule has 1 fully saturated rings. The largest absolute Gasteiger partial charge is 0.416 e. The smallest absolute Gasteiger partial charge is 0.382 e. The van der Waals surface area contributed by atoms with Gasteiger partial charge in [0, 0.05) is 17.0 Å². The van der Waals surface area contributed by atoms with Crippen LogP contribution in [-0.4, -0.2) is 81.7 Å². The van der Waals surface area contributed by atoms with Crippen LogP contribution in [0, 0.1) is 0 Å². The van der Waals surface area contributed by atoms with E-state index in [1.54, 1.807) is 0 Å². The average molecular weight is 675 g/mol. The molecule has 0 bridgehead atoms. The normalized spacial score (nSPS) is 17.1. The van der Waals surface area contributed by atoms with Gasteiger partial charge in [-0.15, -0.1) is 10.2 Å². The number of carbonyl (C=O) groups is 2. The van der Waals surface area contributed by atoms with Gasteiger partial charge in [-0.05, 0) is 36.4 Å². The van der Waals surface area contributed by atoms with Gasteiger partial charge in [-0.25, -0.2) is 27.9 Å². The Balaban J connectivity index is 1.49. The zero-order valence-electron chi connectivity index (χ0n) is 22.6. The highest BCUT2D eigenvalue weighted by Crippen LogP contribution is 2.35. The van der Waals surface area contributed by atoms with Crippen molar-refractivity contribution in [1.82, 2.24) is 34.0 Å². The molecule has 238 valence electrons. The van der Waals surface area contributed by atoms with Gasteiger partial charge in [0.2, 0.25) is 5.91 Å². The summed E-state index contributed by atoms with van der Waals surface area (Å²) >= 11 is 12.3. The molecule has 19 heteroatoms. The minimum Gasteiger partial charge on any atom is -0.382 e. The van der Waals surface area contributed by atoms with Crippen LogP contribution >= 0.6 is 23.2 Å². The molecule has 3 N–H and O–H groups in total. The molecule has 5 rings (SSSR count). The number of alkyl halides is 5. The quantitative estimate of drug-likeness (QED) is 0.273. The Bertz CT molecular complexity index is 1820. The molecule has 2 aromatic carbocycles. The standard InChI is InChI=1S/C26H21Cl2F5N8O4/c27-14-6-4-13(5-7-14)22-37-40(24(45)38(22)9-18(42)26(31,32)33)10-19-35-12-41(36-19)20-15(2-1-3-16(20)28)23(44)39-11-25(29,30)8-17(39)21(34)43/h1-7,12,17-18,42H,8-11H2,(H2,34,43)/t17-,18+/m0/s1. The summed E-state index contributed by atoms with van der Waals surface area (Å²) in [5, 5.41) is 18.3. The number of hydrogen-bond donors (Lipinski definition) is 2. The van der Waals surface area contributed by atoms with Crippen LogP contribution in [0.3, 0.4) is 0 Å². The maximum atomic E-state index is 14.1. The number of aromatic nitrogens is 6. The molecule has 0 unspecified atom stereocenters. The van der Waals surface area contributed by atoms with Gasteiger partial charge in [-0.2, -0.15) is 13.2 Å². The first kappa shape index (κ1) is 32.1. The van der Waals surface area contributed by atoms with E-state index in [0.29, 0.717) is 14.5 Å². The lowest BCUT2D eigenvalue weighted by molar-refractivity contribution is -0.207. The summed E-state index contributed by atoms with van der Waals surface area (Å²) in [5.74, 6) is -5.76. The van der Waals surface area contributed by atoms with Crippen LogP contribution in [0.5, 0.6) is 0 Å². The molecule has 12 nitrogen and oxygen atoms in total. The first-order chi connectivity index (χ1) is 21.1. The summed E-state index contributed by atoms with van der Waals surface area (Å²) in [7, 11) is 0. The minimum absolute atomic E-state index is 0.0495. The number of nitrogens with two attached hydrogens (primary N) is 1. The Kier molecular flexibility index (Phi) is 8.45. The van der Waals surface area contributed by atoms with Crippen LogP contribution in [0.1, 0.15) is 22.6 Å². The molecule has 1 saturated heterocycles. The summed E-state index contributed by atoms with van der Waals surface area (Å²) in [4.78, 5) is 43.1. The molecule has 0 radical (unpaired) electrons. The molecule has 0 saturated carbocycles. The summed E-state index contributed by atoms with van der Waals surface area (Å²) < 4.78 is 70.2. The van der Waals surface area contributed by atoms with Crippen molar-refractivity contribution >= 4 is 35.0 Å². The number of para-hydroxylation sites is 1. The van der Waals surface area contributed by atoms with Gasteiger partial charge >= 0.3 is 11.9 Å². The SMILES string of the molecule is NC(=O)[C@@H]1CC(F)(F)CN1C(=O)c1cccc(Cl)c1-n1cnc(Cn2nc(-c3ccc(Cl)cc3)n(C[C@@H](O)C(F)(F)F)c2=O)n1. The highest BCUT2D eigenvalue weighted by molar-refractivity contribution is 6.33. The van der Waals surface area contributed by atoms with Crippen molar-refractivity contribution < 1.29 is 36.6 Å². The zero-order chi connectivity index (χ0) is 32.8. The summed E-state index contributed by atoms with van der Waals surface area (Å²) in [6, 6.07) is 8.19. The first-order valence-electron chi connectivity index (χ1n) is 12.9. The second-order valence-electron chi connectivity index (χ2n) is 10.1. The molecule has 0 spiro atoms. The van der Waals surface area contributed by atoms with Gasteiger partial charge < -0.3 is 15.7 Å². The average Bonchev–Trinajstić information content (AvgIpc) is 3.64. The van der Waals surface area contributed by atoms with Crippen molar-refractivity contribution in [3.8, 4) is 17.1 Å². The van der Waals surface area contributed by atoms with E-state index in [1.165, 1.54) is 42.5 Å². The van der Waals surface area contributed by atoms with Crippen molar-refractivity contribution in [1.29, 1.82) is 0 Å². The van der Waals surface area contributed by atoms with Crippen LogP contribution in [0.15, 0.2) is 53.6 Å². The fraction of sp³-hybridized carbons (Fsp3) is 0.308. The van der Waals surface area contributed by atoms with E-state index in [2.05, 4.69) is 15.2 Å². The van der Waals surface area contributed by atoms with Gasteiger partial charge in [0.1, 0.15) is 18.9 Å². The van der Waals surface area contributed by atoms with Crippen molar-refractivity contribution in [2.75, 3.05) is 6.54 Å². The Labute approximate surface area is 259 Å². The molecule has 2 amide bonds.